The SMILES string of the molecule is C#CCOc1cc(C#C)c(CCN)cc1OCC#C. The fraction of sp³-hybridized carbons (Fsp3) is 0.250. The first-order chi connectivity index (χ1) is 9.26. The summed E-state index contributed by atoms with van der Waals surface area (Å²) in [7, 11) is 0. The molecule has 0 amide bonds. The summed E-state index contributed by atoms with van der Waals surface area (Å²) in [6.45, 7) is 0.768. The first kappa shape index (κ1) is 14.5. The summed E-state index contributed by atoms with van der Waals surface area (Å²) in [6, 6.07) is 3.51. The highest BCUT2D eigenvalue weighted by Crippen LogP contribution is 2.31. The molecule has 3 nitrogen and oxygen atoms in total. The molecule has 0 saturated heterocycles. The average Bonchev–Trinajstić information content (AvgIpc) is 2.44. The van der Waals surface area contributed by atoms with Crippen LogP contribution in [0.25, 0.3) is 0 Å². The van der Waals surface area contributed by atoms with Crippen LogP contribution in [0, 0.1) is 37.0 Å². The van der Waals surface area contributed by atoms with Gasteiger partial charge in [-0.15, -0.1) is 19.3 Å². The Hall–Kier alpha value is -2.54. The summed E-state index contributed by atoms with van der Waals surface area (Å²) in [6.07, 6.45) is 16.5. The van der Waals surface area contributed by atoms with Crippen LogP contribution in [0.4, 0.5) is 0 Å². The second-order valence-electron chi connectivity index (χ2n) is 3.62. The fourth-order valence-corrected chi connectivity index (χ4v) is 1.56. The lowest BCUT2D eigenvalue weighted by atomic mass is 10.0. The normalized spacial score (nSPS) is 8.95. The van der Waals surface area contributed by atoms with Crippen LogP contribution < -0.4 is 15.2 Å². The van der Waals surface area contributed by atoms with E-state index in [9.17, 15) is 0 Å². The molecule has 0 aliphatic rings. The third-order valence-corrected chi connectivity index (χ3v) is 2.36. The van der Waals surface area contributed by atoms with Crippen LogP contribution in [0.1, 0.15) is 11.1 Å². The predicted octanol–water partition coefficient (Wildman–Crippen LogP) is 1.19. The Kier molecular flexibility index (Phi) is 5.90. The van der Waals surface area contributed by atoms with E-state index >= 15 is 0 Å². The van der Waals surface area contributed by atoms with Crippen LogP contribution in [-0.2, 0) is 6.42 Å². The van der Waals surface area contributed by atoms with Gasteiger partial charge >= 0.3 is 0 Å². The van der Waals surface area contributed by atoms with Gasteiger partial charge in [-0.05, 0) is 30.7 Å². The van der Waals surface area contributed by atoms with Crippen molar-refractivity contribution >= 4 is 0 Å². The number of nitrogens with two attached hydrogens (primary N) is 1. The Morgan fingerprint density at radius 3 is 2.05 bits per heavy atom. The van der Waals surface area contributed by atoms with Crippen LogP contribution in [0.2, 0.25) is 0 Å². The van der Waals surface area contributed by atoms with Crippen molar-refractivity contribution in [1.82, 2.24) is 0 Å². The van der Waals surface area contributed by atoms with E-state index in [1.165, 1.54) is 0 Å². The molecule has 0 aliphatic carbocycles. The molecule has 1 aromatic carbocycles. The van der Waals surface area contributed by atoms with E-state index in [0.717, 1.165) is 5.56 Å². The van der Waals surface area contributed by atoms with Crippen molar-refractivity contribution in [2.75, 3.05) is 19.8 Å². The lowest BCUT2D eigenvalue weighted by Gasteiger charge is -2.13. The third-order valence-electron chi connectivity index (χ3n) is 2.36. The molecule has 0 radical (unpaired) electrons. The monoisotopic (exact) mass is 253 g/mol. The van der Waals surface area contributed by atoms with Gasteiger partial charge in [-0.1, -0.05) is 17.8 Å². The molecule has 1 rings (SSSR count). The summed E-state index contributed by atoms with van der Waals surface area (Å²) in [5, 5.41) is 0. The van der Waals surface area contributed by atoms with Crippen LogP contribution in [0.3, 0.4) is 0 Å². The zero-order chi connectivity index (χ0) is 14.1. The maximum absolute atomic E-state index is 5.55. The maximum atomic E-state index is 5.55. The Labute approximate surface area is 114 Å². The molecule has 0 aromatic heterocycles. The van der Waals surface area contributed by atoms with Crippen LogP contribution >= 0.6 is 0 Å². The van der Waals surface area contributed by atoms with Crippen LogP contribution in [0.15, 0.2) is 12.1 Å². The van der Waals surface area contributed by atoms with Gasteiger partial charge in [0.05, 0.1) is 0 Å². The third kappa shape index (κ3) is 4.00. The maximum Gasteiger partial charge on any atom is 0.163 e. The number of ether oxygens (including phenoxy) is 2. The Morgan fingerprint density at radius 1 is 1.00 bits per heavy atom. The topological polar surface area (TPSA) is 44.5 Å². The van der Waals surface area contributed by atoms with E-state index in [1.54, 1.807) is 12.1 Å². The van der Waals surface area contributed by atoms with Crippen molar-refractivity contribution in [3.63, 3.8) is 0 Å². The Morgan fingerprint density at radius 2 is 1.58 bits per heavy atom. The van der Waals surface area contributed by atoms with Gasteiger partial charge in [-0.25, -0.2) is 0 Å². The molecule has 3 heteroatoms. The van der Waals surface area contributed by atoms with Crippen molar-refractivity contribution in [3.8, 4) is 48.5 Å². The van der Waals surface area contributed by atoms with Crippen molar-refractivity contribution in [3.05, 3.63) is 23.3 Å². The van der Waals surface area contributed by atoms with Gasteiger partial charge in [0.25, 0.3) is 0 Å². The molecule has 0 heterocycles. The average molecular weight is 253 g/mol. The van der Waals surface area contributed by atoms with Gasteiger partial charge in [-0.3, -0.25) is 0 Å². The summed E-state index contributed by atoms with van der Waals surface area (Å²) in [5.74, 6) is 8.39. The van der Waals surface area contributed by atoms with Crippen molar-refractivity contribution < 1.29 is 9.47 Å². The number of terminal acetylenes is 3. The first-order valence-corrected chi connectivity index (χ1v) is 5.73. The quantitative estimate of drug-likeness (QED) is 0.775. The standard InChI is InChI=1S/C16H15NO2/c1-4-9-18-15-11-13(6-3)14(7-8-17)12-16(15)19-10-5-2/h1-3,11-12H,7-10,17H2. The minimum atomic E-state index is 0.132. The van der Waals surface area contributed by atoms with Gasteiger partial charge in [0.2, 0.25) is 0 Å². The summed E-state index contributed by atoms with van der Waals surface area (Å²) < 4.78 is 10.8. The fourth-order valence-electron chi connectivity index (χ4n) is 1.56. The molecule has 0 fully saturated rings. The number of benzene rings is 1. The summed E-state index contributed by atoms with van der Waals surface area (Å²) >= 11 is 0. The van der Waals surface area contributed by atoms with Gasteiger partial charge < -0.3 is 15.2 Å². The molecule has 0 unspecified atom stereocenters. The molecule has 1 aromatic rings. The zero-order valence-corrected chi connectivity index (χ0v) is 10.6. The van der Waals surface area contributed by atoms with Gasteiger partial charge in [0, 0.05) is 5.56 Å². The highest BCUT2D eigenvalue weighted by molar-refractivity contribution is 5.53. The van der Waals surface area contributed by atoms with E-state index in [0.29, 0.717) is 30.0 Å². The molecule has 0 bridgehead atoms. The Bertz CT molecular complexity index is 556. The van der Waals surface area contributed by atoms with Crippen molar-refractivity contribution in [2.45, 2.75) is 6.42 Å². The number of hydrogen-bond acceptors (Lipinski definition) is 3. The van der Waals surface area contributed by atoms with E-state index < -0.39 is 0 Å². The first-order valence-electron chi connectivity index (χ1n) is 5.73. The highest BCUT2D eigenvalue weighted by Gasteiger charge is 2.10. The van der Waals surface area contributed by atoms with E-state index in [-0.39, 0.29) is 13.2 Å². The molecular weight excluding hydrogens is 238 g/mol. The van der Waals surface area contributed by atoms with E-state index in [4.69, 9.17) is 34.5 Å². The molecular formula is C16H15NO2. The highest BCUT2D eigenvalue weighted by atomic mass is 16.5. The zero-order valence-electron chi connectivity index (χ0n) is 10.6. The molecule has 0 saturated carbocycles. The van der Waals surface area contributed by atoms with Gasteiger partial charge in [-0.2, -0.15) is 0 Å². The molecule has 2 N–H and O–H groups in total. The lowest BCUT2D eigenvalue weighted by molar-refractivity contribution is 0.314. The molecule has 19 heavy (non-hydrogen) atoms. The number of hydrogen-bond donors (Lipinski definition) is 1. The van der Waals surface area contributed by atoms with E-state index in [1.807, 2.05) is 0 Å². The van der Waals surface area contributed by atoms with Gasteiger partial charge in [0.15, 0.2) is 11.5 Å². The number of rotatable bonds is 6. The second-order valence-corrected chi connectivity index (χ2v) is 3.62. The van der Waals surface area contributed by atoms with Gasteiger partial charge in [0.1, 0.15) is 13.2 Å². The summed E-state index contributed by atoms with van der Waals surface area (Å²) in [5.41, 5.74) is 7.19. The van der Waals surface area contributed by atoms with Crippen molar-refractivity contribution in [2.24, 2.45) is 5.73 Å². The minimum absolute atomic E-state index is 0.132. The largest absolute Gasteiger partial charge is 0.477 e. The molecule has 0 atom stereocenters. The molecule has 0 spiro atoms. The van der Waals surface area contributed by atoms with Crippen LogP contribution in [0.5, 0.6) is 11.5 Å². The Balaban J connectivity index is 3.16. The molecule has 96 valence electrons. The molecule has 0 aliphatic heterocycles. The van der Waals surface area contributed by atoms with Crippen molar-refractivity contribution in [1.29, 1.82) is 0 Å². The van der Waals surface area contributed by atoms with Crippen LogP contribution in [-0.4, -0.2) is 19.8 Å². The minimum Gasteiger partial charge on any atom is -0.477 e. The predicted molar refractivity (Wildman–Crippen MR) is 75.8 cm³/mol. The van der Waals surface area contributed by atoms with E-state index in [2.05, 4.69) is 17.8 Å². The lowest BCUT2D eigenvalue weighted by Crippen LogP contribution is -2.07. The second kappa shape index (κ2) is 7.72. The summed E-state index contributed by atoms with van der Waals surface area (Å²) in [4.78, 5) is 0. The smallest absolute Gasteiger partial charge is 0.163 e.